The van der Waals surface area contributed by atoms with Crippen LogP contribution in [0, 0.1) is 0 Å². The lowest BCUT2D eigenvalue weighted by molar-refractivity contribution is 0.181. The van der Waals surface area contributed by atoms with Crippen LogP contribution in [-0.4, -0.2) is 11.2 Å². The topological polar surface area (TPSA) is 20.2 Å². The van der Waals surface area contributed by atoms with Gasteiger partial charge in [0.25, 0.3) is 0 Å². The van der Waals surface area contributed by atoms with E-state index in [0.717, 1.165) is 19.3 Å². The summed E-state index contributed by atoms with van der Waals surface area (Å²) >= 11 is 0. The molecule has 0 rings (SSSR count). The van der Waals surface area contributed by atoms with Crippen molar-refractivity contribution in [2.75, 3.05) is 0 Å². The lowest BCUT2D eigenvalue weighted by Gasteiger charge is -2.00. The minimum Gasteiger partial charge on any atom is -0.393 e. The number of unbranched alkanes of at least 4 members (excludes halogenated alkanes) is 2. The van der Waals surface area contributed by atoms with Gasteiger partial charge in [-0.05, 0) is 32.6 Å². The summed E-state index contributed by atoms with van der Waals surface area (Å²) in [4.78, 5) is 0. The van der Waals surface area contributed by atoms with E-state index in [1.54, 1.807) is 0 Å². The lowest BCUT2D eigenvalue weighted by Crippen LogP contribution is -1.97. The first-order valence-corrected chi connectivity index (χ1v) is 4.60. The summed E-state index contributed by atoms with van der Waals surface area (Å²) in [6, 6.07) is 0. The summed E-state index contributed by atoms with van der Waals surface area (Å²) in [6.07, 6.45) is 9.90. The first kappa shape index (κ1) is 10.7. The number of allylic oxidation sites excluding steroid dienone is 2. The Morgan fingerprint density at radius 2 is 2.00 bits per heavy atom. The highest BCUT2D eigenvalue weighted by Crippen LogP contribution is 2.03. The third-order valence-corrected chi connectivity index (χ3v) is 1.65. The number of hydrogen-bond acceptors (Lipinski definition) is 1. The second-order valence-electron chi connectivity index (χ2n) is 3.01. The van der Waals surface area contributed by atoms with Crippen LogP contribution in [0.5, 0.6) is 0 Å². The van der Waals surface area contributed by atoms with Gasteiger partial charge < -0.3 is 5.11 Å². The van der Waals surface area contributed by atoms with Crippen molar-refractivity contribution in [3.8, 4) is 0 Å². The molecule has 0 bridgehead atoms. The van der Waals surface area contributed by atoms with Crippen molar-refractivity contribution < 1.29 is 5.11 Å². The molecular weight excluding hydrogens is 136 g/mol. The fourth-order valence-corrected chi connectivity index (χ4v) is 0.986. The lowest BCUT2D eigenvalue weighted by atomic mass is 10.1. The summed E-state index contributed by atoms with van der Waals surface area (Å²) in [5.74, 6) is 0. The molecule has 1 heteroatoms. The van der Waals surface area contributed by atoms with Gasteiger partial charge >= 0.3 is 0 Å². The largest absolute Gasteiger partial charge is 0.393 e. The van der Waals surface area contributed by atoms with Gasteiger partial charge in [0.2, 0.25) is 0 Å². The molecule has 1 unspecified atom stereocenters. The molecule has 0 saturated carbocycles. The van der Waals surface area contributed by atoms with Crippen LogP contribution in [0.3, 0.4) is 0 Å². The van der Waals surface area contributed by atoms with Gasteiger partial charge in [0.1, 0.15) is 0 Å². The highest BCUT2D eigenvalue weighted by Gasteiger charge is 1.92. The van der Waals surface area contributed by atoms with Crippen molar-refractivity contribution in [1.82, 2.24) is 0 Å². The average Bonchev–Trinajstić information content (AvgIpc) is 1.96. The van der Waals surface area contributed by atoms with Crippen molar-refractivity contribution in [3.05, 3.63) is 12.2 Å². The monoisotopic (exact) mass is 156 g/mol. The third-order valence-electron chi connectivity index (χ3n) is 1.65. The van der Waals surface area contributed by atoms with Gasteiger partial charge in [-0.2, -0.15) is 0 Å². The van der Waals surface area contributed by atoms with E-state index in [1.807, 2.05) is 6.92 Å². The van der Waals surface area contributed by atoms with Crippen molar-refractivity contribution >= 4 is 0 Å². The van der Waals surface area contributed by atoms with Gasteiger partial charge in [-0.15, -0.1) is 0 Å². The van der Waals surface area contributed by atoms with Crippen molar-refractivity contribution in [3.63, 3.8) is 0 Å². The Labute approximate surface area is 70.1 Å². The van der Waals surface area contributed by atoms with Gasteiger partial charge in [0.05, 0.1) is 6.10 Å². The number of aliphatic hydroxyl groups is 1. The van der Waals surface area contributed by atoms with E-state index >= 15 is 0 Å². The Morgan fingerprint density at radius 3 is 2.55 bits per heavy atom. The van der Waals surface area contributed by atoms with E-state index in [4.69, 9.17) is 5.11 Å². The van der Waals surface area contributed by atoms with Crippen LogP contribution < -0.4 is 0 Å². The zero-order valence-electron chi connectivity index (χ0n) is 7.71. The summed E-state index contributed by atoms with van der Waals surface area (Å²) < 4.78 is 0. The smallest absolute Gasteiger partial charge is 0.0512 e. The van der Waals surface area contributed by atoms with E-state index in [-0.39, 0.29) is 6.10 Å². The van der Waals surface area contributed by atoms with Crippen molar-refractivity contribution in [1.29, 1.82) is 0 Å². The minimum atomic E-state index is -0.120. The maximum absolute atomic E-state index is 8.94. The Balaban J connectivity index is 2.96. The van der Waals surface area contributed by atoms with E-state index in [1.165, 1.54) is 12.8 Å². The normalized spacial score (nSPS) is 14.1. The fraction of sp³-hybridized carbons (Fsp3) is 0.800. The average molecular weight is 156 g/mol. The van der Waals surface area contributed by atoms with Crippen LogP contribution in [-0.2, 0) is 0 Å². The molecule has 1 atom stereocenters. The molecule has 0 aromatic heterocycles. The third kappa shape index (κ3) is 9.70. The van der Waals surface area contributed by atoms with Crippen LogP contribution in [0.15, 0.2) is 12.2 Å². The summed E-state index contributed by atoms with van der Waals surface area (Å²) in [5.41, 5.74) is 0. The molecule has 0 aliphatic heterocycles. The Morgan fingerprint density at radius 1 is 1.27 bits per heavy atom. The minimum absolute atomic E-state index is 0.120. The number of hydrogen-bond donors (Lipinski definition) is 1. The Bertz CT molecular complexity index is 95.0. The van der Waals surface area contributed by atoms with E-state index in [2.05, 4.69) is 19.1 Å². The molecule has 0 aliphatic rings. The predicted molar refractivity (Wildman–Crippen MR) is 49.6 cm³/mol. The van der Waals surface area contributed by atoms with Gasteiger partial charge in [0, 0.05) is 0 Å². The van der Waals surface area contributed by atoms with Crippen molar-refractivity contribution in [2.45, 2.75) is 52.1 Å². The molecule has 0 aromatic rings. The predicted octanol–water partition coefficient (Wildman–Crippen LogP) is 2.89. The molecule has 66 valence electrons. The maximum Gasteiger partial charge on any atom is 0.0512 e. The molecule has 0 aromatic carbocycles. The van der Waals surface area contributed by atoms with Crippen LogP contribution >= 0.6 is 0 Å². The van der Waals surface area contributed by atoms with Crippen LogP contribution in [0.1, 0.15) is 46.0 Å². The number of aliphatic hydroxyl groups excluding tert-OH is 1. The van der Waals surface area contributed by atoms with Gasteiger partial charge in [-0.1, -0.05) is 25.5 Å². The highest BCUT2D eigenvalue weighted by atomic mass is 16.3. The molecule has 0 radical (unpaired) electrons. The molecule has 0 heterocycles. The molecule has 11 heavy (non-hydrogen) atoms. The van der Waals surface area contributed by atoms with Gasteiger partial charge in [-0.3, -0.25) is 0 Å². The van der Waals surface area contributed by atoms with E-state index < -0.39 is 0 Å². The van der Waals surface area contributed by atoms with Gasteiger partial charge in [0.15, 0.2) is 0 Å². The second-order valence-corrected chi connectivity index (χ2v) is 3.01. The fourth-order valence-electron chi connectivity index (χ4n) is 0.986. The molecular formula is C10H20O. The highest BCUT2D eigenvalue weighted by molar-refractivity contribution is 4.79. The van der Waals surface area contributed by atoms with Crippen LogP contribution in [0.4, 0.5) is 0 Å². The van der Waals surface area contributed by atoms with E-state index in [0.29, 0.717) is 0 Å². The second kappa shape index (κ2) is 7.80. The molecule has 1 nitrogen and oxygen atoms in total. The number of rotatable bonds is 6. The Hall–Kier alpha value is -0.300. The summed E-state index contributed by atoms with van der Waals surface area (Å²) in [5, 5.41) is 8.94. The molecule has 0 spiro atoms. The first-order valence-electron chi connectivity index (χ1n) is 4.60. The maximum atomic E-state index is 8.94. The van der Waals surface area contributed by atoms with Crippen molar-refractivity contribution in [2.24, 2.45) is 0 Å². The summed E-state index contributed by atoms with van der Waals surface area (Å²) in [6.45, 7) is 3.99. The summed E-state index contributed by atoms with van der Waals surface area (Å²) in [7, 11) is 0. The molecule has 0 saturated heterocycles. The molecule has 0 amide bonds. The van der Waals surface area contributed by atoms with Crippen LogP contribution in [0.25, 0.3) is 0 Å². The van der Waals surface area contributed by atoms with Crippen LogP contribution in [0.2, 0.25) is 0 Å². The zero-order chi connectivity index (χ0) is 8.53. The molecule has 0 fully saturated rings. The zero-order valence-corrected chi connectivity index (χ0v) is 7.71. The Kier molecular flexibility index (Phi) is 7.59. The van der Waals surface area contributed by atoms with E-state index in [9.17, 15) is 0 Å². The molecule has 0 aliphatic carbocycles. The SMILES string of the molecule is CC/C=C/CCCCC(C)O. The van der Waals surface area contributed by atoms with Gasteiger partial charge in [-0.25, -0.2) is 0 Å². The molecule has 1 N–H and O–H groups in total. The quantitative estimate of drug-likeness (QED) is 0.463. The standard InChI is InChI=1S/C10H20O/c1-3-4-5-6-7-8-9-10(2)11/h4-5,10-11H,3,6-9H2,1-2H3/b5-4+. The first-order chi connectivity index (χ1) is 5.27.